The first-order valence-corrected chi connectivity index (χ1v) is 7.60. The average Bonchev–Trinajstić information content (AvgIpc) is 2.93. The number of hydrogen-bond acceptors (Lipinski definition) is 3. The second-order valence-corrected chi connectivity index (χ2v) is 5.44. The lowest BCUT2D eigenvalue weighted by molar-refractivity contribution is 0.409. The van der Waals surface area contributed by atoms with E-state index in [2.05, 4.69) is 54.2 Å². The van der Waals surface area contributed by atoms with Crippen molar-refractivity contribution in [2.45, 2.75) is 39.0 Å². The molecule has 0 bridgehead atoms. The van der Waals surface area contributed by atoms with Crippen molar-refractivity contribution in [1.29, 1.82) is 0 Å². The molecular weight excluding hydrogens is 248 g/mol. The average molecular weight is 270 g/mol. The summed E-state index contributed by atoms with van der Waals surface area (Å²) in [6.45, 7) is 6.26. The molecule has 3 heteroatoms. The number of fused-ring (bicyclic) bond motifs is 1. The molecule has 3 rings (SSSR count). The number of rotatable bonds is 4. The summed E-state index contributed by atoms with van der Waals surface area (Å²) in [5.74, 6) is 1.59. The molecule has 1 atom stereocenters. The van der Waals surface area contributed by atoms with Gasteiger partial charge in [-0.3, -0.25) is 0 Å². The maximum Gasteiger partial charge on any atom is 0.230 e. The third-order valence-corrected chi connectivity index (χ3v) is 4.35. The Morgan fingerprint density at radius 3 is 2.65 bits per heavy atom. The van der Waals surface area contributed by atoms with Gasteiger partial charge >= 0.3 is 0 Å². The molecule has 0 aliphatic heterocycles. The summed E-state index contributed by atoms with van der Waals surface area (Å²) < 4.78 is 5.62. The van der Waals surface area contributed by atoms with E-state index in [1.54, 1.807) is 0 Å². The van der Waals surface area contributed by atoms with Gasteiger partial charge in [-0.1, -0.05) is 35.5 Å². The SMILES string of the molecule is CCN(CC)c1onc2c1CC(c1ccccc1)CC2. The predicted octanol–water partition coefficient (Wildman–Crippen LogP) is 3.79. The highest BCUT2D eigenvalue weighted by atomic mass is 16.5. The Morgan fingerprint density at radius 1 is 1.20 bits per heavy atom. The molecule has 0 fully saturated rings. The number of anilines is 1. The molecule has 3 nitrogen and oxygen atoms in total. The van der Waals surface area contributed by atoms with Gasteiger partial charge < -0.3 is 9.42 Å². The third-order valence-electron chi connectivity index (χ3n) is 4.35. The van der Waals surface area contributed by atoms with Crippen LogP contribution in [0.3, 0.4) is 0 Å². The van der Waals surface area contributed by atoms with Gasteiger partial charge in [0.1, 0.15) is 0 Å². The van der Waals surface area contributed by atoms with E-state index in [4.69, 9.17) is 4.52 Å². The molecule has 1 aromatic heterocycles. The molecule has 1 unspecified atom stereocenters. The first kappa shape index (κ1) is 13.2. The molecule has 0 saturated carbocycles. The summed E-state index contributed by atoms with van der Waals surface area (Å²) in [4.78, 5) is 2.26. The zero-order valence-corrected chi connectivity index (χ0v) is 12.3. The van der Waals surface area contributed by atoms with Crippen molar-refractivity contribution >= 4 is 5.88 Å². The minimum atomic E-state index is 0.595. The molecule has 106 valence electrons. The van der Waals surface area contributed by atoms with Gasteiger partial charge in [-0.25, -0.2) is 0 Å². The van der Waals surface area contributed by atoms with Crippen molar-refractivity contribution in [2.24, 2.45) is 0 Å². The highest BCUT2D eigenvalue weighted by Crippen LogP contribution is 2.37. The molecule has 0 amide bonds. The zero-order chi connectivity index (χ0) is 13.9. The van der Waals surface area contributed by atoms with Crippen LogP contribution in [0, 0.1) is 0 Å². The fourth-order valence-corrected chi connectivity index (χ4v) is 3.16. The fourth-order valence-electron chi connectivity index (χ4n) is 3.16. The Hall–Kier alpha value is -1.77. The smallest absolute Gasteiger partial charge is 0.230 e. The Bertz CT molecular complexity index is 558. The van der Waals surface area contributed by atoms with Gasteiger partial charge in [-0.2, -0.15) is 0 Å². The fraction of sp³-hybridized carbons (Fsp3) is 0.471. The van der Waals surface area contributed by atoms with Crippen LogP contribution in [0.2, 0.25) is 0 Å². The van der Waals surface area contributed by atoms with Crippen LogP contribution < -0.4 is 4.90 Å². The Labute approximate surface area is 120 Å². The molecule has 2 aromatic rings. The summed E-state index contributed by atoms with van der Waals surface area (Å²) >= 11 is 0. The zero-order valence-electron chi connectivity index (χ0n) is 12.3. The predicted molar refractivity (Wildman–Crippen MR) is 81.3 cm³/mol. The van der Waals surface area contributed by atoms with Crippen molar-refractivity contribution in [3.8, 4) is 0 Å². The highest BCUT2D eigenvalue weighted by Gasteiger charge is 2.28. The van der Waals surface area contributed by atoms with Gasteiger partial charge in [0.2, 0.25) is 5.88 Å². The van der Waals surface area contributed by atoms with E-state index in [9.17, 15) is 0 Å². The third kappa shape index (κ3) is 2.33. The summed E-state index contributed by atoms with van der Waals surface area (Å²) in [5, 5.41) is 4.28. The maximum absolute atomic E-state index is 5.62. The molecule has 1 aliphatic rings. The van der Waals surface area contributed by atoms with Crippen LogP contribution in [0.15, 0.2) is 34.9 Å². The first-order chi connectivity index (χ1) is 9.83. The molecule has 20 heavy (non-hydrogen) atoms. The largest absolute Gasteiger partial charge is 0.341 e. The first-order valence-electron chi connectivity index (χ1n) is 7.60. The van der Waals surface area contributed by atoms with Crippen molar-refractivity contribution < 1.29 is 4.52 Å². The lowest BCUT2D eigenvalue weighted by Crippen LogP contribution is -2.23. The van der Waals surface area contributed by atoms with Crippen molar-refractivity contribution in [3.63, 3.8) is 0 Å². The van der Waals surface area contributed by atoms with E-state index >= 15 is 0 Å². The maximum atomic E-state index is 5.62. The van der Waals surface area contributed by atoms with E-state index in [-0.39, 0.29) is 0 Å². The van der Waals surface area contributed by atoms with Crippen LogP contribution in [0.25, 0.3) is 0 Å². The molecule has 0 spiro atoms. The Morgan fingerprint density at radius 2 is 1.95 bits per heavy atom. The lowest BCUT2D eigenvalue weighted by Gasteiger charge is -2.24. The second-order valence-electron chi connectivity index (χ2n) is 5.44. The van der Waals surface area contributed by atoms with E-state index < -0.39 is 0 Å². The van der Waals surface area contributed by atoms with Crippen LogP contribution in [0.4, 0.5) is 5.88 Å². The highest BCUT2D eigenvalue weighted by molar-refractivity contribution is 5.48. The second kappa shape index (κ2) is 5.70. The number of hydrogen-bond donors (Lipinski definition) is 0. The van der Waals surface area contributed by atoms with Gasteiger partial charge in [0, 0.05) is 18.7 Å². The van der Waals surface area contributed by atoms with Crippen LogP contribution in [-0.4, -0.2) is 18.2 Å². The van der Waals surface area contributed by atoms with Gasteiger partial charge in [0.25, 0.3) is 0 Å². The van der Waals surface area contributed by atoms with E-state index in [1.807, 2.05) is 0 Å². The van der Waals surface area contributed by atoms with Crippen LogP contribution in [0.5, 0.6) is 0 Å². The summed E-state index contributed by atoms with van der Waals surface area (Å²) in [6.07, 6.45) is 3.25. The van der Waals surface area contributed by atoms with Crippen molar-refractivity contribution in [1.82, 2.24) is 5.16 Å². The summed E-state index contributed by atoms with van der Waals surface area (Å²) in [7, 11) is 0. The molecule has 0 N–H and O–H groups in total. The van der Waals surface area contributed by atoms with Crippen LogP contribution in [-0.2, 0) is 12.8 Å². The molecule has 1 aliphatic carbocycles. The molecule has 0 saturated heterocycles. The molecule has 0 radical (unpaired) electrons. The minimum absolute atomic E-state index is 0.595. The molecule has 1 heterocycles. The molecular formula is C17H22N2O. The Kier molecular flexibility index (Phi) is 3.77. The van der Waals surface area contributed by atoms with Crippen LogP contribution in [0.1, 0.15) is 43.0 Å². The minimum Gasteiger partial charge on any atom is -0.341 e. The van der Waals surface area contributed by atoms with Gasteiger partial charge in [-0.05, 0) is 44.6 Å². The van der Waals surface area contributed by atoms with E-state index in [0.29, 0.717) is 5.92 Å². The number of benzene rings is 1. The van der Waals surface area contributed by atoms with E-state index in [1.165, 1.54) is 23.2 Å². The molecule has 1 aromatic carbocycles. The summed E-state index contributed by atoms with van der Waals surface area (Å²) in [6, 6.07) is 10.8. The normalized spacial score (nSPS) is 17.8. The summed E-state index contributed by atoms with van der Waals surface area (Å²) in [5.41, 5.74) is 3.93. The van der Waals surface area contributed by atoms with Gasteiger partial charge in [0.15, 0.2) is 0 Å². The van der Waals surface area contributed by atoms with Gasteiger partial charge in [-0.15, -0.1) is 0 Å². The topological polar surface area (TPSA) is 29.3 Å². The number of aromatic nitrogens is 1. The van der Waals surface area contributed by atoms with Gasteiger partial charge in [0.05, 0.1) is 5.69 Å². The van der Waals surface area contributed by atoms with Crippen molar-refractivity contribution in [2.75, 3.05) is 18.0 Å². The monoisotopic (exact) mass is 270 g/mol. The van der Waals surface area contributed by atoms with E-state index in [0.717, 1.165) is 31.8 Å². The number of nitrogens with zero attached hydrogens (tertiary/aromatic N) is 2. The van der Waals surface area contributed by atoms with Crippen molar-refractivity contribution in [3.05, 3.63) is 47.2 Å². The quantitative estimate of drug-likeness (QED) is 0.846. The standard InChI is InChI=1S/C17H22N2O/c1-3-19(4-2)17-15-12-14(10-11-16(15)18-20-17)13-8-6-5-7-9-13/h5-9,14H,3-4,10-12H2,1-2H3. The number of aryl methyl sites for hydroxylation is 1. The lowest BCUT2D eigenvalue weighted by atomic mass is 9.82. The Balaban J connectivity index is 1.88. The van der Waals surface area contributed by atoms with Crippen LogP contribution >= 0.6 is 0 Å².